The molecule has 0 aliphatic carbocycles. The van der Waals surface area contributed by atoms with Crippen LogP contribution in [0.2, 0.25) is 0 Å². The van der Waals surface area contributed by atoms with Crippen LogP contribution in [0.5, 0.6) is 17.2 Å². The molecule has 2 heterocycles. The third-order valence-corrected chi connectivity index (χ3v) is 6.73. The topological polar surface area (TPSA) is 76.7 Å². The van der Waals surface area contributed by atoms with Gasteiger partial charge < -0.3 is 24.1 Å². The van der Waals surface area contributed by atoms with E-state index >= 15 is 0 Å². The van der Waals surface area contributed by atoms with E-state index in [1.54, 1.807) is 35.4 Å². The molecule has 0 radical (unpaired) electrons. The van der Waals surface area contributed by atoms with Crippen molar-refractivity contribution >= 4 is 17.4 Å². The van der Waals surface area contributed by atoms with Crippen LogP contribution in [0, 0.1) is 0 Å². The van der Waals surface area contributed by atoms with Crippen molar-refractivity contribution in [2.75, 3.05) is 27.8 Å². The highest BCUT2D eigenvalue weighted by atomic mass is 32.1. The lowest BCUT2D eigenvalue weighted by molar-refractivity contribution is 0.158. The molecule has 0 unspecified atom stereocenters. The second-order valence-electron chi connectivity index (χ2n) is 8.36. The van der Waals surface area contributed by atoms with Crippen LogP contribution >= 0.6 is 11.3 Å². The summed E-state index contributed by atoms with van der Waals surface area (Å²) in [4.78, 5) is 23.8. The number of benzene rings is 2. The van der Waals surface area contributed by atoms with E-state index in [4.69, 9.17) is 19.2 Å². The van der Waals surface area contributed by atoms with E-state index in [2.05, 4.69) is 30.1 Å². The second kappa shape index (κ2) is 11.8. The molecule has 1 N–H and O–H groups in total. The minimum Gasteiger partial charge on any atom is -0.493 e. The highest BCUT2D eigenvalue weighted by Crippen LogP contribution is 2.43. The van der Waals surface area contributed by atoms with Crippen molar-refractivity contribution in [3.63, 3.8) is 0 Å². The number of nitrogens with one attached hydrogen (secondary N) is 1. The van der Waals surface area contributed by atoms with E-state index in [1.807, 2.05) is 29.6 Å². The average Bonchev–Trinajstić information content (AvgIpc) is 3.59. The first kappa shape index (κ1) is 25.3. The summed E-state index contributed by atoms with van der Waals surface area (Å²) < 4.78 is 16.9. The Morgan fingerprint density at radius 2 is 1.72 bits per heavy atom. The van der Waals surface area contributed by atoms with Gasteiger partial charge in [0.15, 0.2) is 11.5 Å². The molecule has 8 heteroatoms. The summed E-state index contributed by atoms with van der Waals surface area (Å²) in [6.07, 6.45) is 2.60. The van der Waals surface area contributed by atoms with Crippen molar-refractivity contribution < 1.29 is 19.0 Å². The van der Waals surface area contributed by atoms with Gasteiger partial charge in [0.2, 0.25) is 5.75 Å². The third-order valence-electron chi connectivity index (χ3n) is 5.85. The molecule has 0 saturated heterocycles. The standard InChI is InChI=1S/C28H31N3O4S/c1-5-6-10-15-31(2)28(32)35-26-21(33-3)17-20(18-22(26)34-4)27-29-24(19-12-8-7-9-13-19)25(30-27)23-14-11-16-36-23/h7-9,11-14,16-18H,5-6,10,15H2,1-4H3,(H,29,30). The first-order chi connectivity index (χ1) is 17.5. The molecule has 2 aromatic heterocycles. The summed E-state index contributed by atoms with van der Waals surface area (Å²) in [6.45, 7) is 2.75. The molecule has 4 aromatic rings. The second-order valence-corrected chi connectivity index (χ2v) is 9.31. The first-order valence-corrected chi connectivity index (χ1v) is 12.8. The number of methoxy groups -OCH3 is 2. The Labute approximate surface area is 215 Å². The molecular weight excluding hydrogens is 474 g/mol. The number of ether oxygens (including phenoxy) is 3. The van der Waals surface area contributed by atoms with E-state index in [-0.39, 0.29) is 5.75 Å². The lowest BCUT2D eigenvalue weighted by atomic mass is 10.1. The maximum absolute atomic E-state index is 12.7. The Hall–Kier alpha value is -3.78. The van der Waals surface area contributed by atoms with Gasteiger partial charge in [-0.3, -0.25) is 0 Å². The Kier molecular flexibility index (Phi) is 8.28. The van der Waals surface area contributed by atoms with Crippen LogP contribution < -0.4 is 14.2 Å². The predicted molar refractivity (Wildman–Crippen MR) is 144 cm³/mol. The highest BCUT2D eigenvalue weighted by molar-refractivity contribution is 7.13. The Bertz CT molecular complexity index is 1260. The summed E-state index contributed by atoms with van der Waals surface area (Å²) in [5.74, 6) is 1.66. The summed E-state index contributed by atoms with van der Waals surface area (Å²) in [5, 5.41) is 2.03. The Balaban J connectivity index is 1.71. The lowest BCUT2D eigenvalue weighted by Crippen LogP contribution is -2.30. The van der Waals surface area contributed by atoms with Crippen LogP contribution in [0.4, 0.5) is 4.79 Å². The molecule has 4 rings (SSSR count). The highest BCUT2D eigenvalue weighted by Gasteiger charge is 2.23. The molecule has 188 valence electrons. The van der Waals surface area contributed by atoms with Gasteiger partial charge in [0.05, 0.1) is 24.8 Å². The molecule has 2 aromatic carbocycles. The zero-order chi connectivity index (χ0) is 25.5. The van der Waals surface area contributed by atoms with E-state index < -0.39 is 6.09 Å². The predicted octanol–water partition coefficient (Wildman–Crippen LogP) is 7.11. The Morgan fingerprint density at radius 1 is 1.00 bits per heavy atom. The summed E-state index contributed by atoms with van der Waals surface area (Å²) in [7, 11) is 4.80. The van der Waals surface area contributed by atoms with E-state index in [9.17, 15) is 4.79 Å². The van der Waals surface area contributed by atoms with Crippen LogP contribution in [0.3, 0.4) is 0 Å². The number of carbonyl (C=O) groups excluding carboxylic acids is 1. The molecule has 0 aliphatic heterocycles. The smallest absolute Gasteiger partial charge is 0.415 e. The van der Waals surface area contributed by atoms with E-state index in [1.165, 1.54) is 14.2 Å². The fourth-order valence-corrected chi connectivity index (χ4v) is 4.61. The number of unbranched alkanes of at least 4 members (excludes halogenated alkanes) is 2. The van der Waals surface area contributed by atoms with Crippen molar-refractivity contribution in [3.8, 4) is 50.5 Å². The van der Waals surface area contributed by atoms with Crippen molar-refractivity contribution in [2.45, 2.75) is 26.2 Å². The van der Waals surface area contributed by atoms with E-state index in [0.717, 1.165) is 46.7 Å². The van der Waals surface area contributed by atoms with Gasteiger partial charge in [-0.15, -0.1) is 11.3 Å². The van der Waals surface area contributed by atoms with Gasteiger partial charge in [-0.2, -0.15) is 0 Å². The number of hydrogen-bond acceptors (Lipinski definition) is 6. The largest absolute Gasteiger partial charge is 0.493 e. The Morgan fingerprint density at radius 3 is 2.33 bits per heavy atom. The van der Waals surface area contributed by atoms with Crippen LogP contribution in [0.1, 0.15) is 26.2 Å². The number of H-pyrrole nitrogens is 1. The monoisotopic (exact) mass is 505 g/mol. The molecule has 7 nitrogen and oxygen atoms in total. The van der Waals surface area contributed by atoms with Crippen LogP contribution in [-0.2, 0) is 0 Å². The van der Waals surface area contributed by atoms with Crippen LogP contribution in [0.25, 0.3) is 33.2 Å². The first-order valence-electron chi connectivity index (χ1n) is 11.9. The SMILES string of the molecule is CCCCCN(C)C(=O)Oc1c(OC)cc(-c2nc(-c3cccs3)c(-c3ccccc3)[nH]2)cc1OC. The number of aromatic amines is 1. The summed E-state index contributed by atoms with van der Waals surface area (Å²) in [5.41, 5.74) is 3.58. The molecule has 0 atom stereocenters. The van der Waals surface area contributed by atoms with Gasteiger partial charge in [-0.1, -0.05) is 56.2 Å². The number of nitrogens with zero attached hydrogens (tertiary/aromatic N) is 2. The van der Waals surface area contributed by atoms with Gasteiger partial charge in [0.1, 0.15) is 11.5 Å². The van der Waals surface area contributed by atoms with E-state index in [0.29, 0.717) is 23.9 Å². The van der Waals surface area contributed by atoms with Crippen molar-refractivity contribution in [1.29, 1.82) is 0 Å². The number of thiophene rings is 1. The maximum Gasteiger partial charge on any atom is 0.415 e. The molecule has 0 fully saturated rings. The van der Waals surface area contributed by atoms with Gasteiger partial charge in [-0.05, 0) is 30.0 Å². The van der Waals surface area contributed by atoms with Gasteiger partial charge in [0, 0.05) is 24.7 Å². The molecule has 1 amide bonds. The zero-order valence-corrected chi connectivity index (χ0v) is 21.9. The number of aromatic nitrogens is 2. The third kappa shape index (κ3) is 5.54. The number of rotatable bonds is 10. The summed E-state index contributed by atoms with van der Waals surface area (Å²) >= 11 is 1.63. The number of amides is 1. The normalized spacial score (nSPS) is 10.8. The fraction of sp³-hybridized carbons (Fsp3) is 0.286. The summed E-state index contributed by atoms with van der Waals surface area (Å²) in [6, 6.07) is 17.8. The molecule has 0 saturated carbocycles. The average molecular weight is 506 g/mol. The molecule has 0 spiro atoms. The van der Waals surface area contributed by atoms with Crippen LogP contribution in [0.15, 0.2) is 60.0 Å². The molecule has 0 aliphatic rings. The minimum atomic E-state index is -0.459. The number of imidazole rings is 1. The van der Waals surface area contributed by atoms with Crippen molar-refractivity contribution in [2.24, 2.45) is 0 Å². The van der Waals surface area contributed by atoms with Crippen molar-refractivity contribution in [1.82, 2.24) is 14.9 Å². The quantitative estimate of drug-likeness (QED) is 0.232. The molecule has 0 bridgehead atoms. The molecule has 36 heavy (non-hydrogen) atoms. The maximum atomic E-state index is 12.7. The van der Waals surface area contributed by atoms with Gasteiger partial charge in [-0.25, -0.2) is 9.78 Å². The van der Waals surface area contributed by atoms with Crippen molar-refractivity contribution in [3.05, 3.63) is 60.0 Å². The lowest BCUT2D eigenvalue weighted by Gasteiger charge is -2.19. The number of hydrogen-bond donors (Lipinski definition) is 1. The minimum absolute atomic E-state index is 0.240. The zero-order valence-electron chi connectivity index (χ0n) is 21.0. The number of carbonyl (C=O) groups is 1. The van der Waals surface area contributed by atoms with Gasteiger partial charge in [0.25, 0.3) is 0 Å². The molecular formula is C28H31N3O4S. The fourth-order valence-electron chi connectivity index (χ4n) is 3.89. The van der Waals surface area contributed by atoms with Crippen LogP contribution in [-0.4, -0.2) is 48.8 Å². The van der Waals surface area contributed by atoms with Gasteiger partial charge >= 0.3 is 6.09 Å².